The summed E-state index contributed by atoms with van der Waals surface area (Å²) in [6.45, 7) is 7.23. The maximum Gasteiger partial charge on any atom is 0.410 e. The molecule has 0 radical (unpaired) electrons. The third kappa shape index (κ3) is 5.10. The van der Waals surface area contributed by atoms with Crippen molar-refractivity contribution in [3.05, 3.63) is 46.5 Å². The first-order chi connectivity index (χ1) is 14.1. The van der Waals surface area contributed by atoms with E-state index in [9.17, 15) is 19.3 Å². The number of aromatic nitrogens is 2. The molecule has 160 valence electrons. The van der Waals surface area contributed by atoms with E-state index in [1.807, 2.05) is 25.7 Å². The van der Waals surface area contributed by atoms with Gasteiger partial charge in [-0.2, -0.15) is 0 Å². The second-order valence-electron chi connectivity index (χ2n) is 7.73. The van der Waals surface area contributed by atoms with Crippen LogP contribution in [0.15, 0.2) is 30.6 Å². The van der Waals surface area contributed by atoms with Crippen molar-refractivity contribution in [1.82, 2.24) is 14.9 Å². The lowest BCUT2D eigenvalue weighted by Gasteiger charge is -2.36. The SMILES string of the molecule is CC(C)(C)OC(=O)N1CCN(c2ccc([N+](=O)[O-])c(Nc3ccncc3F)n2)CC1. The van der Waals surface area contributed by atoms with Gasteiger partial charge in [-0.05, 0) is 32.9 Å². The van der Waals surface area contributed by atoms with Crippen LogP contribution < -0.4 is 10.2 Å². The smallest absolute Gasteiger partial charge is 0.410 e. The van der Waals surface area contributed by atoms with Gasteiger partial charge in [-0.3, -0.25) is 15.1 Å². The van der Waals surface area contributed by atoms with Crippen LogP contribution in [0.4, 0.5) is 32.2 Å². The normalized spacial score (nSPS) is 14.4. The molecular formula is C19H23FN6O4. The predicted molar refractivity (Wildman–Crippen MR) is 108 cm³/mol. The minimum atomic E-state index is -0.648. The lowest BCUT2D eigenvalue weighted by Crippen LogP contribution is -2.50. The van der Waals surface area contributed by atoms with Crippen molar-refractivity contribution in [3.8, 4) is 0 Å². The molecule has 3 heterocycles. The Balaban J connectivity index is 1.75. The topological polar surface area (TPSA) is 114 Å². The Morgan fingerprint density at radius 2 is 1.93 bits per heavy atom. The number of hydrogen-bond donors (Lipinski definition) is 1. The molecule has 30 heavy (non-hydrogen) atoms. The number of nitro groups is 1. The molecule has 3 rings (SSSR count). The van der Waals surface area contributed by atoms with Gasteiger partial charge in [0.25, 0.3) is 0 Å². The molecule has 11 heteroatoms. The van der Waals surface area contributed by atoms with Gasteiger partial charge in [0, 0.05) is 38.4 Å². The summed E-state index contributed by atoms with van der Waals surface area (Å²) in [5.74, 6) is -0.233. The average Bonchev–Trinajstić information content (AvgIpc) is 2.68. The standard InChI is InChI=1S/C19H23FN6O4/c1-19(2,3)30-18(27)25-10-8-24(9-11-25)16-5-4-15(26(28)29)17(23-16)22-14-6-7-21-12-13(14)20/h4-7,12H,8-11H2,1-3H3,(H,21,22,23). The molecule has 0 aromatic carbocycles. The minimum absolute atomic E-state index is 0.0347. The number of carbonyl (C=O) groups is 1. The fraction of sp³-hybridized carbons (Fsp3) is 0.421. The van der Waals surface area contributed by atoms with Gasteiger partial charge in [-0.1, -0.05) is 0 Å². The van der Waals surface area contributed by atoms with Gasteiger partial charge in [0.2, 0.25) is 5.82 Å². The van der Waals surface area contributed by atoms with Crippen LogP contribution in [0.3, 0.4) is 0 Å². The average molecular weight is 418 g/mol. The summed E-state index contributed by atoms with van der Waals surface area (Å²) in [6, 6.07) is 4.23. The molecule has 1 saturated heterocycles. The quantitative estimate of drug-likeness (QED) is 0.594. The van der Waals surface area contributed by atoms with E-state index in [1.54, 1.807) is 4.90 Å². The summed E-state index contributed by atoms with van der Waals surface area (Å²) in [5.41, 5.74) is -0.813. The second-order valence-corrected chi connectivity index (χ2v) is 7.73. The summed E-state index contributed by atoms with van der Waals surface area (Å²) in [7, 11) is 0. The molecule has 1 N–H and O–H groups in total. The highest BCUT2D eigenvalue weighted by Gasteiger charge is 2.27. The third-order valence-corrected chi connectivity index (χ3v) is 4.34. The van der Waals surface area contributed by atoms with E-state index in [0.717, 1.165) is 6.20 Å². The number of pyridine rings is 2. The van der Waals surface area contributed by atoms with Crippen molar-refractivity contribution in [2.45, 2.75) is 26.4 Å². The van der Waals surface area contributed by atoms with Crippen molar-refractivity contribution < 1.29 is 18.8 Å². The summed E-state index contributed by atoms with van der Waals surface area (Å²) in [4.78, 5) is 34.5. The zero-order chi connectivity index (χ0) is 21.9. The van der Waals surface area contributed by atoms with Gasteiger partial charge in [0.15, 0.2) is 5.82 Å². The molecule has 1 amide bonds. The summed E-state index contributed by atoms with van der Waals surface area (Å²) in [6.07, 6.45) is 2.00. The fourth-order valence-electron chi connectivity index (χ4n) is 2.91. The molecule has 0 bridgehead atoms. The molecule has 0 aliphatic carbocycles. The van der Waals surface area contributed by atoms with Crippen molar-refractivity contribution >= 4 is 29.1 Å². The van der Waals surface area contributed by atoms with E-state index in [2.05, 4.69) is 15.3 Å². The fourth-order valence-corrected chi connectivity index (χ4v) is 2.91. The number of nitrogens with zero attached hydrogens (tertiary/aromatic N) is 5. The molecule has 2 aromatic rings. The Labute approximate surface area is 172 Å². The van der Waals surface area contributed by atoms with E-state index in [4.69, 9.17) is 4.74 Å². The molecule has 0 atom stereocenters. The first-order valence-electron chi connectivity index (χ1n) is 9.39. The van der Waals surface area contributed by atoms with Crippen molar-refractivity contribution in [3.63, 3.8) is 0 Å². The van der Waals surface area contributed by atoms with Crippen LogP contribution in [0.25, 0.3) is 0 Å². The largest absolute Gasteiger partial charge is 0.444 e. The van der Waals surface area contributed by atoms with Crippen molar-refractivity contribution in [2.24, 2.45) is 0 Å². The molecule has 10 nitrogen and oxygen atoms in total. The Morgan fingerprint density at radius 3 is 2.53 bits per heavy atom. The van der Waals surface area contributed by atoms with E-state index in [1.165, 1.54) is 24.4 Å². The predicted octanol–water partition coefficient (Wildman–Crippen LogP) is 3.32. The highest BCUT2D eigenvalue weighted by atomic mass is 19.1. The minimum Gasteiger partial charge on any atom is -0.444 e. The molecular weight excluding hydrogens is 395 g/mol. The monoisotopic (exact) mass is 418 g/mol. The summed E-state index contributed by atoms with van der Waals surface area (Å²) < 4.78 is 19.3. The van der Waals surface area contributed by atoms with Crippen LogP contribution in [0.2, 0.25) is 0 Å². The number of piperazine rings is 1. The summed E-state index contributed by atoms with van der Waals surface area (Å²) in [5, 5.41) is 14.0. The lowest BCUT2D eigenvalue weighted by atomic mass is 10.2. The summed E-state index contributed by atoms with van der Waals surface area (Å²) >= 11 is 0. The van der Waals surface area contributed by atoms with E-state index >= 15 is 0 Å². The van der Waals surface area contributed by atoms with E-state index in [-0.39, 0.29) is 23.3 Å². The van der Waals surface area contributed by atoms with Gasteiger partial charge >= 0.3 is 11.8 Å². The highest BCUT2D eigenvalue weighted by Crippen LogP contribution is 2.29. The van der Waals surface area contributed by atoms with Crippen LogP contribution in [0.5, 0.6) is 0 Å². The maximum absolute atomic E-state index is 13.9. The van der Waals surface area contributed by atoms with Crippen LogP contribution in [0.1, 0.15) is 20.8 Å². The first kappa shape index (κ1) is 21.2. The van der Waals surface area contributed by atoms with Crippen molar-refractivity contribution in [1.29, 1.82) is 0 Å². The van der Waals surface area contributed by atoms with E-state index < -0.39 is 16.3 Å². The van der Waals surface area contributed by atoms with Crippen LogP contribution in [0, 0.1) is 15.9 Å². The van der Waals surface area contributed by atoms with Crippen LogP contribution in [-0.2, 0) is 4.74 Å². The van der Waals surface area contributed by atoms with Crippen LogP contribution in [-0.4, -0.2) is 57.7 Å². The van der Waals surface area contributed by atoms with Gasteiger partial charge < -0.3 is 19.9 Å². The van der Waals surface area contributed by atoms with E-state index in [0.29, 0.717) is 32.0 Å². The Morgan fingerprint density at radius 1 is 1.23 bits per heavy atom. The number of halogens is 1. The van der Waals surface area contributed by atoms with Crippen molar-refractivity contribution in [2.75, 3.05) is 36.4 Å². The second kappa shape index (κ2) is 8.47. The molecule has 1 aliphatic heterocycles. The zero-order valence-corrected chi connectivity index (χ0v) is 17.0. The Hall–Kier alpha value is -3.50. The number of nitrogens with one attached hydrogen (secondary N) is 1. The number of carbonyl (C=O) groups excluding carboxylic acids is 1. The molecule has 1 fully saturated rings. The van der Waals surface area contributed by atoms with Gasteiger partial charge in [-0.15, -0.1) is 0 Å². The number of rotatable bonds is 4. The first-order valence-corrected chi connectivity index (χ1v) is 9.39. The number of hydrogen-bond acceptors (Lipinski definition) is 8. The molecule has 1 aliphatic rings. The van der Waals surface area contributed by atoms with Crippen LogP contribution >= 0.6 is 0 Å². The van der Waals surface area contributed by atoms with Gasteiger partial charge in [0.05, 0.1) is 16.8 Å². The molecule has 0 saturated carbocycles. The number of ether oxygens (including phenoxy) is 1. The molecule has 0 spiro atoms. The van der Waals surface area contributed by atoms with Gasteiger partial charge in [0.1, 0.15) is 11.4 Å². The van der Waals surface area contributed by atoms with Gasteiger partial charge in [-0.25, -0.2) is 14.2 Å². The highest BCUT2D eigenvalue weighted by molar-refractivity contribution is 5.70. The number of amides is 1. The Bertz CT molecular complexity index is 941. The number of anilines is 3. The zero-order valence-electron chi connectivity index (χ0n) is 17.0. The maximum atomic E-state index is 13.9. The third-order valence-electron chi connectivity index (χ3n) is 4.34. The molecule has 2 aromatic heterocycles. The molecule has 0 unspecified atom stereocenters. The Kier molecular flexibility index (Phi) is 5.99. The lowest BCUT2D eigenvalue weighted by molar-refractivity contribution is -0.384.